The van der Waals surface area contributed by atoms with Crippen LogP contribution in [0.5, 0.6) is 0 Å². The van der Waals surface area contributed by atoms with Gasteiger partial charge in [0.05, 0.1) is 5.52 Å². The summed E-state index contributed by atoms with van der Waals surface area (Å²) in [5.41, 5.74) is 4.01. The molecule has 7 heteroatoms. The number of fused-ring (bicyclic) bond motifs is 1. The highest BCUT2D eigenvalue weighted by Gasteiger charge is 2.20. The fourth-order valence-corrected chi connectivity index (χ4v) is 3.88. The fourth-order valence-electron chi connectivity index (χ4n) is 3.88. The van der Waals surface area contributed by atoms with Crippen molar-refractivity contribution in [1.29, 1.82) is 0 Å². The standard InChI is InChI=1S/C26H24N6O/c1-19-29-22(18-31(19)17-20-9-3-2-4-10-20)25-30-24(23-12-6-8-16-32(23)25)26(33)28-15-13-21-11-5-7-14-27-21/h2-12,14,16,18H,13,15,17H2,1H3,(H,28,33). The lowest BCUT2D eigenvalue weighted by Crippen LogP contribution is -2.26. The van der Waals surface area contributed by atoms with Crippen LogP contribution in [0.3, 0.4) is 0 Å². The van der Waals surface area contributed by atoms with Crippen LogP contribution >= 0.6 is 0 Å². The predicted molar refractivity (Wildman–Crippen MR) is 127 cm³/mol. The summed E-state index contributed by atoms with van der Waals surface area (Å²) in [4.78, 5) is 26.7. The smallest absolute Gasteiger partial charge is 0.272 e. The van der Waals surface area contributed by atoms with Crippen molar-refractivity contribution in [3.8, 4) is 11.5 Å². The molecule has 0 saturated carbocycles. The summed E-state index contributed by atoms with van der Waals surface area (Å²) in [6, 6.07) is 21.8. The minimum absolute atomic E-state index is 0.207. The molecule has 5 rings (SSSR count). The number of imidazole rings is 2. The third-order valence-electron chi connectivity index (χ3n) is 5.56. The van der Waals surface area contributed by atoms with Gasteiger partial charge in [-0.3, -0.25) is 14.2 Å². The van der Waals surface area contributed by atoms with E-state index < -0.39 is 0 Å². The Kier molecular flexibility index (Phi) is 5.68. The third kappa shape index (κ3) is 4.39. The van der Waals surface area contributed by atoms with E-state index in [0.717, 1.165) is 29.3 Å². The summed E-state index contributed by atoms with van der Waals surface area (Å²) in [6.45, 7) is 3.19. The van der Waals surface area contributed by atoms with Crippen LogP contribution < -0.4 is 5.32 Å². The number of aromatic nitrogens is 5. The average molecular weight is 437 g/mol. The molecule has 0 radical (unpaired) electrons. The molecule has 0 aliphatic heterocycles. The zero-order valence-corrected chi connectivity index (χ0v) is 18.3. The van der Waals surface area contributed by atoms with Gasteiger partial charge >= 0.3 is 0 Å². The topological polar surface area (TPSA) is 77.1 Å². The number of pyridine rings is 2. The second kappa shape index (κ2) is 9.08. The van der Waals surface area contributed by atoms with Gasteiger partial charge in [-0.1, -0.05) is 42.5 Å². The second-order valence-corrected chi connectivity index (χ2v) is 7.85. The van der Waals surface area contributed by atoms with Gasteiger partial charge in [-0.25, -0.2) is 9.97 Å². The molecule has 0 aliphatic rings. The van der Waals surface area contributed by atoms with Crippen molar-refractivity contribution in [2.45, 2.75) is 19.9 Å². The van der Waals surface area contributed by atoms with Gasteiger partial charge in [0.25, 0.3) is 5.91 Å². The van der Waals surface area contributed by atoms with Crippen molar-refractivity contribution >= 4 is 11.4 Å². The highest BCUT2D eigenvalue weighted by atomic mass is 16.1. The van der Waals surface area contributed by atoms with Crippen molar-refractivity contribution in [2.75, 3.05) is 6.54 Å². The molecule has 5 aromatic rings. The molecule has 0 spiro atoms. The van der Waals surface area contributed by atoms with Crippen molar-refractivity contribution in [2.24, 2.45) is 0 Å². The zero-order valence-electron chi connectivity index (χ0n) is 18.3. The molecule has 7 nitrogen and oxygen atoms in total. The van der Waals surface area contributed by atoms with Crippen LogP contribution in [0.25, 0.3) is 17.0 Å². The molecule has 0 aliphatic carbocycles. The molecule has 1 aromatic carbocycles. The largest absolute Gasteiger partial charge is 0.350 e. The Morgan fingerprint density at radius 1 is 0.970 bits per heavy atom. The summed E-state index contributed by atoms with van der Waals surface area (Å²) in [5.74, 6) is 1.33. The fraction of sp³-hybridized carbons (Fsp3) is 0.154. The third-order valence-corrected chi connectivity index (χ3v) is 5.56. The van der Waals surface area contributed by atoms with Crippen molar-refractivity contribution in [1.82, 2.24) is 29.2 Å². The first-order valence-electron chi connectivity index (χ1n) is 10.9. The number of rotatable bonds is 7. The van der Waals surface area contributed by atoms with Crippen LogP contribution in [0.1, 0.15) is 27.6 Å². The molecule has 0 bridgehead atoms. The van der Waals surface area contributed by atoms with Crippen molar-refractivity contribution in [3.05, 3.63) is 108 Å². The van der Waals surface area contributed by atoms with Crippen LogP contribution in [-0.4, -0.2) is 36.4 Å². The van der Waals surface area contributed by atoms with Crippen LogP contribution in [0.2, 0.25) is 0 Å². The summed E-state index contributed by atoms with van der Waals surface area (Å²) < 4.78 is 4.02. The van der Waals surface area contributed by atoms with Gasteiger partial charge < -0.3 is 9.88 Å². The van der Waals surface area contributed by atoms with Gasteiger partial charge in [-0.2, -0.15) is 0 Å². The quantitative estimate of drug-likeness (QED) is 0.420. The number of nitrogens with zero attached hydrogens (tertiary/aromatic N) is 5. The molecule has 0 saturated heterocycles. The Labute approximate surface area is 191 Å². The Morgan fingerprint density at radius 2 is 1.79 bits per heavy atom. The first kappa shape index (κ1) is 20.6. The van der Waals surface area contributed by atoms with Gasteiger partial charge in [0.2, 0.25) is 0 Å². The highest BCUT2D eigenvalue weighted by molar-refractivity contribution is 5.99. The number of hydrogen-bond donors (Lipinski definition) is 1. The molecule has 4 heterocycles. The van der Waals surface area contributed by atoms with E-state index in [1.165, 1.54) is 5.56 Å². The minimum Gasteiger partial charge on any atom is -0.350 e. The first-order valence-corrected chi connectivity index (χ1v) is 10.9. The molecule has 0 atom stereocenters. The maximum Gasteiger partial charge on any atom is 0.272 e. The van der Waals surface area contributed by atoms with Crippen molar-refractivity contribution < 1.29 is 4.79 Å². The number of carbonyl (C=O) groups is 1. The van der Waals surface area contributed by atoms with Crippen LogP contribution in [0, 0.1) is 6.92 Å². The van der Waals surface area contributed by atoms with E-state index in [-0.39, 0.29) is 5.91 Å². The van der Waals surface area contributed by atoms with E-state index in [2.05, 4.69) is 27.0 Å². The summed E-state index contributed by atoms with van der Waals surface area (Å²) in [7, 11) is 0. The van der Waals surface area contributed by atoms with Crippen molar-refractivity contribution in [3.63, 3.8) is 0 Å². The number of carbonyl (C=O) groups excluding carboxylic acids is 1. The van der Waals surface area contributed by atoms with Gasteiger partial charge in [0.15, 0.2) is 11.5 Å². The number of hydrogen-bond acceptors (Lipinski definition) is 4. The lowest BCUT2D eigenvalue weighted by molar-refractivity contribution is 0.0951. The summed E-state index contributed by atoms with van der Waals surface area (Å²) in [6.07, 6.45) is 6.32. The SMILES string of the molecule is Cc1nc(-c2nc(C(=O)NCCc3ccccn3)c3ccccn23)cn1Cc1ccccc1. The van der Waals surface area contributed by atoms with Crippen LogP contribution in [0.15, 0.2) is 85.3 Å². The van der Waals surface area contributed by atoms with Gasteiger partial charge in [-0.15, -0.1) is 0 Å². The first-order chi connectivity index (χ1) is 16.2. The molecule has 164 valence electrons. The van der Waals surface area contributed by atoms with Crippen LogP contribution in [-0.2, 0) is 13.0 Å². The maximum absolute atomic E-state index is 13.0. The Balaban J connectivity index is 1.41. The van der Waals surface area contributed by atoms with E-state index >= 15 is 0 Å². The highest BCUT2D eigenvalue weighted by Crippen LogP contribution is 2.23. The number of nitrogens with one attached hydrogen (secondary N) is 1. The molecule has 0 unspecified atom stereocenters. The minimum atomic E-state index is -0.207. The Hall–Kier alpha value is -4.26. The van der Waals surface area contributed by atoms with E-state index in [4.69, 9.17) is 9.97 Å². The molecule has 4 aromatic heterocycles. The molecule has 1 amide bonds. The van der Waals surface area contributed by atoms with E-state index in [1.807, 2.05) is 78.3 Å². The van der Waals surface area contributed by atoms with Gasteiger partial charge in [0, 0.05) is 43.8 Å². The monoisotopic (exact) mass is 436 g/mol. The summed E-state index contributed by atoms with van der Waals surface area (Å²) >= 11 is 0. The van der Waals surface area contributed by atoms with E-state index in [0.29, 0.717) is 24.5 Å². The maximum atomic E-state index is 13.0. The second-order valence-electron chi connectivity index (χ2n) is 7.85. The number of amides is 1. The molecule has 1 N–H and O–H groups in total. The zero-order chi connectivity index (χ0) is 22.6. The average Bonchev–Trinajstić information content (AvgIpc) is 3.41. The predicted octanol–water partition coefficient (Wildman–Crippen LogP) is 3.92. The number of aryl methyl sites for hydroxylation is 1. The number of benzene rings is 1. The molecule has 33 heavy (non-hydrogen) atoms. The van der Waals surface area contributed by atoms with Gasteiger partial charge in [-0.05, 0) is 36.8 Å². The Morgan fingerprint density at radius 3 is 2.61 bits per heavy atom. The molecule has 0 fully saturated rings. The van der Waals surface area contributed by atoms with Crippen LogP contribution in [0.4, 0.5) is 0 Å². The lowest BCUT2D eigenvalue weighted by Gasteiger charge is -2.04. The lowest BCUT2D eigenvalue weighted by atomic mass is 10.2. The molecular formula is C26H24N6O. The van der Waals surface area contributed by atoms with Gasteiger partial charge in [0.1, 0.15) is 11.5 Å². The summed E-state index contributed by atoms with van der Waals surface area (Å²) in [5, 5.41) is 2.97. The molecular weight excluding hydrogens is 412 g/mol. The van der Waals surface area contributed by atoms with E-state index in [1.54, 1.807) is 6.20 Å². The normalized spacial score (nSPS) is 11.1. The van der Waals surface area contributed by atoms with E-state index in [9.17, 15) is 4.79 Å². The Bertz CT molecular complexity index is 1390.